The van der Waals surface area contributed by atoms with E-state index in [-0.39, 0.29) is 18.6 Å². The van der Waals surface area contributed by atoms with Gasteiger partial charge in [0.2, 0.25) is 0 Å². The molecule has 0 aromatic carbocycles. The summed E-state index contributed by atoms with van der Waals surface area (Å²) in [5.41, 5.74) is -0.865. The average Bonchev–Trinajstić information content (AvgIpc) is 2.36. The molecule has 0 rings (SSSR count). The number of carboxylic acid groups (broad SMARTS) is 1. The fourth-order valence-electron chi connectivity index (χ4n) is 2.15. The van der Waals surface area contributed by atoms with Crippen LogP contribution in [-0.2, 0) is 4.79 Å². The third-order valence-corrected chi connectivity index (χ3v) is 3.83. The molecular weight excluding hydrogens is 256 g/mol. The lowest BCUT2D eigenvalue weighted by Gasteiger charge is -2.32. The molecule has 0 heterocycles. The zero-order valence-corrected chi connectivity index (χ0v) is 13.7. The van der Waals surface area contributed by atoms with Crippen LogP contribution in [0.5, 0.6) is 0 Å². The van der Waals surface area contributed by atoms with Gasteiger partial charge in [-0.1, -0.05) is 27.7 Å². The molecule has 0 aliphatic carbocycles. The van der Waals surface area contributed by atoms with Crippen LogP contribution in [0, 0.1) is 11.3 Å². The number of hydrogen-bond donors (Lipinski definition) is 2. The van der Waals surface area contributed by atoms with Crippen molar-refractivity contribution in [3.05, 3.63) is 0 Å². The first-order valence-corrected chi connectivity index (χ1v) is 7.48. The second-order valence-corrected chi connectivity index (χ2v) is 6.09. The molecule has 118 valence electrons. The number of carbonyl (C=O) groups excluding carboxylic acids is 1. The van der Waals surface area contributed by atoms with Crippen LogP contribution >= 0.6 is 0 Å². The number of amides is 2. The maximum atomic E-state index is 12.2. The van der Waals surface area contributed by atoms with E-state index < -0.39 is 11.4 Å². The van der Waals surface area contributed by atoms with Crippen molar-refractivity contribution < 1.29 is 14.7 Å². The molecule has 0 aliphatic heterocycles. The molecule has 2 amide bonds. The molecule has 0 saturated carbocycles. The summed E-state index contributed by atoms with van der Waals surface area (Å²) >= 11 is 0. The van der Waals surface area contributed by atoms with Gasteiger partial charge in [0.1, 0.15) is 0 Å². The molecule has 0 bridgehead atoms. The van der Waals surface area contributed by atoms with Crippen molar-refractivity contribution in [1.29, 1.82) is 0 Å². The Kier molecular flexibility index (Phi) is 7.61. The van der Waals surface area contributed by atoms with Crippen LogP contribution in [0.4, 0.5) is 4.79 Å². The van der Waals surface area contributed by atoms with Gasteiger partial charge in [0.25, 0.3) is 0 Å². The van der Waals surface area contributed by atoms with Crippen molar-refractivity contribution >= 4 is 12.0 Å². The highest BCUT2D eigenvalue weighted by Gasteiger charge is 2.35. The lowest BCUT2D eigenvalue weighted by molar-refractivity contribution is -0.149. The zero-order chi connectivity index (χ0) is 15.9. The third-order valence-electron chi connectivity index (χ3n) is 3.83. The molecule has 0 aliphatic rings. The standard InChI is InChI=1S/C15H30N2O3/c1-7-15(8-2,13(18)19)10-16-14(20)17(12(5)6)9-11(3)4/h11-12H,7-10H2,1-6H3,(H,16,20)(H,18,19). The van der Waals surface area contributed by atoms with Gasteiger partial charge in [-0.3, -0.25) is 4.79 Å². The van der Waals surface area contributed by atoms with Crippen LogP contribution in [0.1, 0.15) is 54.4 Å². The van der Waals surface area contributed by atoms with Gasteiger partial charge < -0.3 is 15.3 Å². The molecular formula is C15H30N2O3. The summed E-state index contributed by atoms with van der Waals surface area (Å²) in [4.78, 5) is 25.4. The topological polar surface area (TPSA) is 69.6 Å². The van der Waals surface area contributed by atoms with Crippen LogP contribution in [0.2, 0.25) is 0 Å². The number of nitrogens with zero attached hydrogens (tertiary/aromatic N) is 1. The van der Waals surface area contributed by atoms with E-state index in [1.165, 1.54) is 0 Å². The van der Waals surface area contributed by atoms with Crippen LogP contribution in [0.25, 0.3) is 0 Å². The largest absolute Gasteiger partial charge is 0.481 e. The highest BCUT2D eigenvalue weighted by atomic mass is 16.4. The van der Waals surface area contributed by atoms with Gasteiger partial charge in [-0.25, -0.2) is 4.79 Å². The normalized spacial score (nSPS) is 11.8. The Bertz CT molecular complexity index is 323. The van der Waals surface area contributed by atoms with E-state index in [1.54, 1.807) is 4.90 Å². The molecule has 0 spiro atoms. The van der Waals surface area contributed by atoms with E-state index in [1.807, 2.05) is 27.7 Å². The van der Waals surface area contributed by atoms with E-state index in [4.69, 9.17) is 0 Å². The molecule has 0 saturated heterocycles. The Morgan fingerprint density at radius 1 is 1.15 bits per heavy atom. The number of aliphatic carboxylic acids is 1. The molecule has 0 atom stereocenters. The third kappa shape index (κ3) is 5.02. The molecule has 0 unspecified atom stereocenters. The molecule has 0 aromatic rings. The number of carbonyl (C=O) groups is 2. The van der Waals surface area contributed by atoms with Gasteiger partial charge >= 0.3 is 12.0 Å². The van der Waals surface area contributed by atoms with Crippen molar-refractivity contribution in [3.63, 3.8) is 0 Å². The molecule has 5 nitrogen and oxygen atoms in total. The van der Waals surface area contributed by atoms with E-state index >= 15 is 0 Å². The van der Waals surface area contributed by atoms with Crippen molar-refractivity contribution in [2.24, 2.45) is 11.3 Å². The van der Waals surface area contributed by atoms with Crippen LogP contribution in [0.15, 0.2) is 0 Å². The first-order valence-electron chi connectivity index (χ1n) is 7.48. The lowest BCUT2D eigenvalue weighted by Crippen LogP contribution is -2.50. The highest BCUT2D eigenvalue weighted by molar-refractivity contribution is 5.78. The van der Waals surface area contributed by atoms with Gasteiger partial charge in [0.05, 0.1) is 5.41 Å². The summed E-state index contributed by atoms with van der Waals surface area (Å²) in [6.45, 7) is 12.6. The number of rotatable bonds is 8. The number of hydrogen-bond acceptors (Lipinski definition) is 2. The number of nitrogens with one attached hydrogen (secondary N) is 1. The summed E-state index contributed by atoms with van der Waals surface area (Å²) in [5, 5.41) is 12.2. The van der Waals surface area contributed by atoms with E-state index in [0.717, 1.165) is 0 Å². The minimum absolute atomic E-state index is 0.0971. The van der Waals surface area contributed by atoms with Gasteiger partial charge in [-0.2, -0.15) is 0 Å². The van der Waals surface area contributed by atoms with E-state index in [2.05, 4.69) is 19.2 Å². The summed E-state index contributed by atoms with van der Waals surface area (Å²) in [7, 11) is 0. The molecule has 20 heavy (non-hydrogen) atoms. The SMILES string of the molecule is CCC(CC)(CNC(=O)N(CC(C)C)C(C)C)C(=O)O. The second-order valence-electron chi connectivity index (χ2n) is 6.09. The van der Waals surface area contributed by atoms with Crippen LogP contribution in [-0.4, -0.2) is 41.1 Å². The molecule has 0 radical (unpaired) electrons. The summed E-state index contributed by atoms with van der Waals surface area (Å²) in [6, 6.07) is -0.0823. The highest BCUT2D eigenvalue weighted by Crippen LogP contribution is 2.25. The summed E-state index contributed by atoms with van der Waals surface area (Å²) in [5.74, 6) is -0.465. The first kappa shape index (κ1) is 18.7. The van der Waals surface area contributed by atoms with Gasteiger partial charge in [0, 0.05) is 19.1 Å². The second kappa shape index (κ2) is 8.12. The quantitative estimate of drug-likeness (QED) is 0.720. The number of carboxylic acids is 1. The Balaban J connectivity index is 4.76. The Morgan fingerprint density at radius 3 is 1.95 bits per heavy atom. The van der Waals surface area contributed by atoms with Gasteiger partial charge in [-0.15, -0.1) is 0 Å². The fourth-order valence-corrected chi connectivity index (χ4v) is 2.15. The average molecular weight is 286 g/mol. The Labute approximate surface area is 122 Å². The predicted molar refractivity (Wildman–Crippen MR) is 80.7 cm³/mol. The molecule has 2 N–H and O–H groups in total. The van der Waals surface area contributed by atoms with E-state index in [0.29, 0.717) is 25.3 Å². The summed E-state index contributed by atoms with van der Waals surface area (Å²) in [6.07, 6.45) is 1.01. The monoisotopic (exact) mass is 286 g/mol. The van der Waals surface area contributed by atoms with Crippen molar-refractivity contribution in [2.75, 3.05) is 13.1 Å². The fraction of sp³-hybridized carbons (Fsp3) is 0.867. The number of urea groups is 1. The smallest absolute Gasteiger partial charge is 0.317 e. The van der Waals surface area contributed by atoms with Crippen LogP contribution in [0.3, 0.4) is 0 Å². The van der Waals surface area contributed by atoms with Crippen molar-refractivity contribution in [1.82, 2.24) is 10.2 Å². The predicted octanol–water partition coefficient (Wildman–Crippen LogP) is 2.95. The van der Waals surface area contributed by atoms with Crippen molar-refractivity contribution in [2.45, 2.75) is 60.4 Å². The zero-order valence-electron chi connectivity index (χ0n) is 13.7. The van der Waals surface area contributed by atoms with E-state index in [9.17, 15) is 14.7 Å². The van der Waals surface area contributed by atoms with Gasteiger partial charge in [-0.05, 0) is 32.6 Å². The first-order chi connectivity index (χ1) is 9.20. The molecule has 0 fully saturated rings. The van der Waals surface area contributed by atoms with Gasteiger partial charge in [0.15, 0.2) is 0 Å². The maximum Gasteiger partial charge on any atom is 0.317 e. The Morgan fingerprint density at radius 2 is 1.65 bits per heavy atom. The summed E-state index contributed by atoms with van der Waals surface area (Å²) < 4.78 is 0. The lowest BCUT2D eigenvalue weighted by atomic mass is 9.82. The molecule has 0 aromatic heterocycles. The van der Waals surface area contributed by atoms with Crippen LogP contribution < -0.4 is 5.32 Å². The maximum absolute atomic E-state index is 12.2. The Hall–Kier alpha value is -1.26. The minimum Gasteiger partial charge on any atom is -0.481 e. The minimum atomic E-state index is -0.865. The van der Waals surface area contributed by atoms with Crippen molar-refractivity contribution in [3.8, 4) is 0 Å². The molecule has 5 heteroatoms.